The third kappa shape index (κ3) is 0.841. The molecule has 0 bridgehead atoms. The lowest BCUT2D eigenvalue weighted by molar-refractivity contribution is 0.146. The predicted octanol–water partition coefficient (Wildman–Crippen LogP) is 1.77. The molecule has 1 saturated carbocycles. The van der Waals surface area contributed by atoms with Crippen molar-refractivity contribution in [2.24, 2.45) is 0 Å². The Morgan fingerprint density at radius 3 is 2.85 bits per heavy atom. The Labute approximate surface area is 76.2 Å². The van der Waals surface area contributed by atoms with E-state index in [4.69, 9.17) is 0 Å². The lowest BCUT2D eigenvalue weighted by Gasteiger charge is -2.12. The molecule has 2 aliphatic rings. The van der Waals surface area contributed by atoms with Crippen molar-refractivity contribution in [2.45, 2.75) is 30.8 Å². The van der Waals surface area contributed by atoms with Crippen molar-refractivity contribution in [2.75, 3.05) is 0 Å². The second kappa shape index (κ2) is 2.13. The van der Waals surface area contributed by atoms with Gasteiger partial charge in [-0.05, 0) is 42.5 Å². The molecule has 1 aromatic carbocycles. The summed E-state index contributed by atoms with van der Waals surface area (Å²) < 4.78 is 12.9. The Morgan fingerprint density at radius 2 is 2.15 bits per heavy atom. The van der Waals surface area contributed by atoms with Crippen LogP contribution in [0.4, 0.5) is 4.39 Å². The Balaban J connectivity index is 2.17. The molecule has 68 valence electrons. The van der Waals surface area contributed by atoms with Gasteiger partial charge in [0, 0.05) is 5.41 Å². The summed E-state index contributed by atoms with van der Waals surface area (Å²) in [5.74, 6) is -0.191. The highest BCUT2D eigenvalue weighted by Crippen LogP contribution is 2.56. The number of hydrogen-bond acceptors (Lipinski definition) is 1. The summed E-state index contributed by atoms with van der Waals surface area (Å²) in [5.41, 5.74) is 2.20. The molecular weight excluding hydrogens is 167 g/mol. The third-order valence-electron chi connectivity index (χ3n) is 3.44. The maximum absolute atomic E-state index is 12.9. The molecule has 0 aliphatic heterocycles. The SMILES string of the molecule is OC1Cc2cc(F)ccc2C12CC2. The minimum Gasteiger partial charge on any atom is -0.392 e. The van der Waals surface area contributed by atoms with Crippen LogP contribution in [0.3, 0.4) is 0 Å². The van der Waals surface area contributed by atoms with Gasteiger partial charge in [-0.15, -0.1) is 0 Å². The quantitative estimate of drug-likeness (QED) is 0.642. The molecule has 0 aromatic heterocycles. The van der Waals surface area contributed by atoms with Crippen molar-refractivity contribution in [1.82, 2.24) is 0 Å². The second-order valence-corrected chi connectivity index (χ2v) is 4.18. The summed E-state index contributed by atoms with van der Waals surface area (Å²) >= 11 is 0. The molecule has 0 amide bonds. The average molecular weight is 178 g/mol. The van der Waals surface area contributed by atoms with E-state index in [9.17, 15) is 9.50 Å². The second-order valence-electron chi connectivity index (χ2n) is 4.18. The predicted molar refractivity (Wildman–Crippen MR) is 47.0 cm³/mol. The van der Waals surface area contributed by atoms with E-state index in [0.29, 0.717) is 6.42 Å². The van der Waals surface area contributed by atoms with E-state index in [2.05, 4.69) is 0 Å². The van der Waals surface area contributed by atoms with Crippen LogP contribution in [-0.2, 0) is 11.8 Å². The lowest BCUT2D eigenvalue weighted by Crippen LogP contribution is -2.20. The van der Waals surface area contributed by atoms with Gasteiger partial charge < -0.3 is 5.11 Å². The fourth-order valence-corrected chi connectivity index (χ4v) is 2.54. The van der Waals surface area contributed by atoms with Crippen molar-refractivity contribution in [3.8, 4) is 0 Å². The monoisotopic (exact) mass is 178 g/mol. The zero-order valence-corrected chi connectivity index (χ0v) is 7.26. The van der Waals surface area contributed by atoms with Crippen LogP contribution in [0.15, 0.2) is 18.2 Å². The van der Waals surface area contributed by atoms with Crippen LogP contribution < -0.4 is 0 Å². The molecule has 1 spiro atoms. The summed E-state index contributed by atoms with van der Waals surface area (Å²) in [6.45, 7) is 0. The van der Waals surface area contributed by atoms with Gasteiger partial charge in [0.2, 0.25) is 0 Å². The average Bonchev–Trinajstić information content (AvgIpc) is 2.80. The fourth-order valence-electron chi connectivity index (χ4n) is 2.54. The molecule has 1 atom stereocenters. The van der Waals surface area contributed by atoms with Crippen LogP contribution in [0.25, 0.3) is 0 Å². The molecule has 0 heterocycles. The summed E-state index contributed by atoms with van der Waals surface area (Å²) in [7, 11) is 0. The number of rotatable bonds is 0. The van der Waals surface area contributed by atoms with E-state index in [0.717, 1.165) is 18.4 Å². The molecule has 1 fully saturated rings. The van der Waals surface area contributed by atoms with E-state index in [-0.39, 0.29) is 17.3 Å². The fraction of sp³-hybridized carbons (Fsp3) is 0.455. The Bertz CT molecular complexity index is 368. The van der Waals surface area contributed by atoms with Crippen LogP contribution in [0, 0.1) is 5.82 Å². The largest absolute Gasteiger partial charge is 0.392 e. The first kappa shape index (κ1) is 7.51. The number of hydrogen-bond donors (Lipinski definition) is 1. The van der Waals surface area contributed by atoms with Gasteiger partial charge in [0.05, 0.1) is 6.10 Å². The van der Waals surface area contributed by atoms with Gasteiger partial charge in [-0.3, -0.25) is 0 Å². The minimum absolute atomic E-state index is 0.0169. The Morgan fingerprint density at radius 1 is 1.38 bits per heavy atom. The normalized spacial score (nSPS) is 27.7. The first-order valence-corrected chi connectivity index (χ1v) is 4.69. The highest BCUT2D eigenvalue weighted by molar-refractivity contribution is 5.45. The number of fused-ring (bicyclic) bond motifs is 2. The van der Waals surface area contributed by atoms with E-state index in [1.54, 1.807) is 6.07 Å². The summed E-state index contributed by atoms with van der Waals surface area (Å²) in [6.07, 6.45) is 2.48. The van der Waals surface area contributed by atoms with Gasteiger partial charge in [-0.2, -0.15) is 0 Å². The van der Waals surface area contributed by atoms with Crippen LogP contribution in [-0.4, -0.2) is 11.2 Å². The van der Waals surface area contributed by atoms with Gasteiger partial charge in [0.1, 0.15) is 5.82 Å². The molecular formula is C11H11FO. The lowest BCUT2D eigenvalue weighted by atomic mass is 9.97. The van der Waals surface area contributed by atoms with Crippen LogP contribution in [0.1, 0.15) is 24.0 Å². The molecule has 1 nitrogen and oxygen atoms in total. The smallest absolute Gasteiger partial charge is 0.123 e. The van der Waals surface area contributed by atoms with E-state index in [1.807, 2.05) is 6.07 Å². The van der Waals surface area contributed by atoms with Gasteiger partial charge >= 0.3 is 0 Å². The summed E-state index contributed by atoms with van der Waals surface area (Å²) in [5, 5.41) is 9.81. The van der Waals surface area contributed by atoms with E-state index < -0.39 is 0 Å². The molecule has 2 heteroatoms. The topological polar surface area (TPSA) is 20.2 Å². The zero-order chi connectivity index (χ0) is 9.05. The Kier molecular flexibility index (Phi) is 1.23. The number of halogens is 1. The maximum atomic E-state index is 12.9. The molecule has 2 aliphatic carbocycles. The number of aliphatic hydroxyl groups is 1. The van der Waals surface area contributed by atoms with Gasteiger partial charge in [0.25, 0.3) is 0 Å². The van der Waals surface area contributed by atoms with Gasteiger partial charge in [-0.1, -0.05) is 6.07 Å². The molecule has 0 radical (unpaired) electrons. The standard InChI is InChI=1S/C11H11FO/c12-8-1-2-9-7(5-8)6-10(13)11(9)3-4-11/h1-2,5,10,13H,3-4,6H2. The summed E-state index contributed by atoms with van der Waals surface area (Å²) in [6, 6.07) is 4.90. The van der Waals surface area contributed by atoms with Crippen molar-refractivity contribution >= 4 is 0 Å². The maximum Gasteiger partial charge on any atom is 0.123 e. The van der Waals surface area contributed by atoms with E-state index in [1.165, 1.54) is 11.6 Å². The molecule has 13 heavy (non-hydrogen) atoms. The third-order valence-corrected chi connectivity index (χ3v) is 3.44. The number of aliphatic hydroxyl groups excluding tert-OH is 1. The van der Waals surface area contributed by atoms with Crippen LogP contribution in [0.5, 0.6) is 0 Å². The van der Waals surface area contributed by atoms with Crippen molar-refractivity contribution in [3.05, 3.63) is 35.1 Å². The molecule has 1 aromatic rings. The summed E-state index contributed by atoms with van der Waals surface area (Å²) in [4.78, 5) is 0. The van der Waals surface area contributed by atoms with Crippen LogP contribution >= 0.6 is 0 Å². The van der Waals surface area contributed by atoms with Gasteiger partial charge in [0.15, 0.2) is 0 Å². The number of benzene rings is 1. The first-order chi connectivity index (χ1) is 6.22. The van der Waals surface area contributed by atoms with Crippen molar-refractivity contribution < 1.29 is 9.50 Å². The highest BCUT2D eigenvalue weighted by Gasteiger charge is 2.54. The molecule has 0 saturated heterocycles. The first-order valence-electron chi connectivity index (χ1n) is 4.69. The zero-order valence-electron chi connectivity index (χ0n) is 7.26. The van der Waals surface area contributed by atoms with E-state index >= 15 is 0 Å². The van der Waals surface area contributed by atoms with Gasteiger partial charge in [-0.25, -0.2) is 4.39 Å². The molecule has 3 rings (SSSR count). The van der Waals surface area contributed by atoms with Crippen LogP contribution in [0.2, 0.25) is 0 Å². The molecule has 1 N–H and O–H groups in total. The highest BCUT2D eigenvalue weighted by atomic mass is 19.1. The molecule has 1 unspecified atom stereocenters. The van der Waals surface area contributed by atoms with Crippen molar-refractivity contribution in [3.63, 3.8) is 0 Å². The Hall–Kier alpha value is -0.890. The van der Waals surface area contributed by atoms with Crippen molar-refractivity contribution in [1.29, 1.82) is 0 Å². The minimum atomic E-state index is -0.274.